The van der Waals surface area contributed by atoms with Crippen LogP contribution in [0.4, 0.5) is 4.79 Å². The topological polar surface area (TPSA) is 141 Å². The van der Waals surface area contributed by atoms with Crippen LogP contribution in [0.15, 0.2) is 65.8 Å². The van der Waals surface area contributed by atoms with E-state index < -0.39 is 34.9 Å². The summed E-state index contributed by atoms with van der Waals surface area (Å²) in [6.07, 6.45) is -0.568. The molecule has 0 aromatic heterocycles. The van der Waals surface area contributed by atoms with Crippen LogP contribution in [0.3, 0.4) is 0 Å². The van der Waals surface area contributed by atoms with Crippen LogP contribution in [0, 0.1) is 5.41 Å². The van der Waals surface area contributed by atoms with E-state index in [4.69, 9.17) is 9.84 Å². The van der Waals surface area contributed by atoms with Gasteiger partial charge in [0.2, 0.25) is 11.8 Å². The van der Waals surface area contributed by atoms with Gasteiger partial charge in [0, 0.05) is 26.6 Å². The van der Waals surface area contributed by atoms with Gasteiger partial charge in [-0.15, -0.1) is 0 Å². The molecule has 1 fully saturated rings. The van der Waals surface area contributed by atoms with E-state index in [-0.39, 0.29) is 25.7 Å². The highest BCUT2D eigenvalue weighted by Crippen LogP contribution is 2.38. The molecule has 2 aromatic rings. The number of piperidine rings is 1. The van der Waals surface area contributed by atoms with Crippen molar-refractivity contribution in [3.05, 3.63) is 71.8 Å². The lowest BCUT2D eigenvalue weighted by atomic mass is 9.73. The molecule has 4 amide bonds. The molecule has 2 aromatic carbocycles. The smallest absolute Gasteiger partial charge is 0.405 e. The first-order valence-corrected chi connectivity index (χ1v) is 13.1. The van der Waals surface area contributed by atoms with Gasteiger partial charge in [0.25, 0.3) is 5.91 Å². The third-order valence-electron chi connectivity index (χ3n) is 7.25. The Hall–Kier alpha value is -4.25. The van der Waals surface area contributed by atoms with Gasteiger partial charge in [-0.3, -0.25) is 14.4 Å². The SMILES string of the molecule is CN1N=C2CCN(C(=O)C(COCc3ccccc3)NC(=O)C(C)(C)NC(=O)O)CC2(Cc2ccccc2)C1=O. The number of likely N-dealkylation sites (tertiary alicyclic amines) is 1. The number of carbonyl (C=O) groups excluding carboxylic acids is 3. The van der Waals surface area contributed by atoms with E-state index in [9.17, 15) is 19.2 Å². The molecule has 0 radical (unpaired) electrons. The zero-order chi connectivity index (χ0) is 28.9. The molecule has 0 saturated carbocycles. The zero-order valence-electron chi connectivity index (χ0n) is 22.9. The van der Waals surface area contributed by atoms with Crippen LogP contribution < -0.4 is 10.6 Å². The fourth-order valence-electron chi connectivity index (χ4n) is 5.14. The summed E-state index contributed by atoms with van der Waals surface area (Å²) in [7, 11) is 1.62. The lowest BCUT2D eigenvalue weighted by Gasteiger charge is -2.41. The van der Waals surface area contributed by atoms with Crippen LogP contribution >= 0.6 is 0 Å². The second-order valence-corrected chi connectivity index (χ2v) is 10.7. The summed E-state index contributed by atoms with van der Waals surface area (Å²) in [4.78, 5) is 53.3. The summed E-state index contributed by atoms with van der Waals surface area (Å²) < 4.78 is 5.84. The molecule has 212 valence electrons. The summed E-state index contributed by atoms with van der Waals surface area (Å²) in [6, 6.07) is 17.9. The number of hydrazone groups is 1. The van der Waals surface area contributed by atoms with Gasteiger partial charge in [-0.25, -0.2) is 9.80 Å². The Kier molecular flexibility index (Phi) is 8.53. The lowest BCUT2D eigenvalue weighted by molar-refractivity contribution is -0.144. The third kappa shape index (κ3) is 6.31. The highest BCUT2D eigenvalue weighted by atomic mass is 16.5. The number of benzene rings is 2. The largest absolute Gasteiger partial charge is 0.465 e. The van der Waals surface area contributed by atoms with Gasteiger partial charge >= 0.3 is 6.09 Å². The van der Waals surface area contributed by atoms with Gasteiger partial charge in [0.1, 0.15) is 17.0 Å². The number of amides is 4. The molecule has 3 N–H and O–H groups in total. The number of nitrogens with zero attached hydrogens (tertiary/aromatic N) is 3. The molecule has 0 spiro atoms. The van der Waals surface area contributed by atoms with Crippen LogP contribution in [0.25, 0.3) is 0 Å². The first-order valence-electron chi connectivity index (χ1n) is 13.1. The molecule has 2 aliphatic heterocycles. The first-order chi connectivity index (χ1) is 19.0. The summed E-state index contributed by atoms with van der Waals surface area (Å²) in [5.74, 6) is -1.27. The number of hydrogen-bond donors (Lipinski definition) is 3. The maximum absolute atomic E-state index is 13.9. The Labute approximate surface area is 233 Å². The Morgan fingerprint density at radius 3 is 2.33 bits per heavy atom. The van der Waals surface area contributed by atoms with Gasteiger partial charge in [-0.1, -0.05) is 60.7 Å². The minimum atomic E-state index is -1.50. The standard InChI is InChI=1S/C29H35N5O6/c1-28(2,31-27(38)39)25(36)30-22(18-40-17-21-12-8-5-9-13-21)24(35)34-15-14-23-29(19-34,26(37)33(3)32-23)16-20-10-6-4-7-11-20/h4-13,22,31H,14-19H2,1-3H3,(H,30,36)(H,38,39). The van der Waals surface area contributed by atoms with E-state index in [1.165, 1.54) is 18.9 Å². The van der Waals surface area contributed by atoms with E-state index >= 15 is 0 Å². The number of carbonyl (C=O) groups is 4. The maximum atomic E-state index is 13.9. The summed E-state index contributed by atoms with van der Waals surface area (Å²) in [5, 5.41) is 19.8. The van der Waals surface area contributed by atoms with Crippen molar-refractivity contribution in [2.75, 3.05) is 26.7 Å². The average molecular weight is 550 g/mol. The molecule has 2 heterocycles. The molecule has 2 atom stereocenters. The highest BCUT2D eigenvalue weighted by Gasteiger charge is 2.54. The van der Waals surface area contributed by atoms with Crippen molar-refractivity contribution in [1.29, 1.82) is 0 Å². The van der Waals surface area contributed by atoms with Crippen molar-refractivity contribution in [1.82, 2.24) is 20.5 Å². The number of ether oxygens (including phenoxy) is 1. The molecule has 11 nitrogen and oxygen atoms in total. The van der Waals surface area contributed by atoms with E-state index in [0.29, 0.717) is 19.4 Å². The van der Waals surface area contributed by atoms with Gasteiger partial charge in [-0.05, 0) is 31.4 Å². The van der Waals surface area contributed by atoms with Gasteiger partial charge < -0.3 is 25.4 Å². The average Bonchev–Trinajstić information content (AvgIpc) is 3.16. The highest BCUT2D eigenvalue weighted by molar-refractivity contribution is 6.13. The fraction of sp³-hybridized carbons (Fsp3) is 0.414. The Bertz CT molecular complexity index is 1280. The fourth-order valence-corrected chi connectivity index (χ4v) is 5.14. The van der Waals surface area contributed by atoms with Crippen molar-refractivity contribution in [2.45, 2.75) is 44.9 Å². The van der Waals surface area contributed by atoms with Crippen LogP contribution in [0.1, 0.15) is 31.4 Å². The molecular formula is C29H35N5O6. The second-order valence-electron chi connectivity index (χ2n) is 10.7. The van der Waals surface area contributed by atoms with Gasteiger partial charge in [0.15, 0.2) is 0 Å². The summed E-state index contributed by atoms with van der Waals surface area (Å²) in [6.45, 7) is 3.32. The monoisotopic (exact) mass is 549 g/mol. The minimum Gasteiger partial charge on any atom is -0.465 e. The van der Waals surface area contributed by atoms with Gasteiger partial charge in [-0.2, -0.15) is 5.10 Å². The third-order valence-corrected chi connectivity index (χ3v) is 7.25. The molecule has 2 unspecified atom stereocenters. The Morgan fingerprint density at radius 1 is 1.07 bits per heavy atom. The molecule has 40 heavy (non-hydrogen) atoms. The number of rotatable bonds is 10. The van der Waals surface area contributed by atoms with Gasteiger partial charge in [0.05, 0.1) is 18.9 Å². The van der Waals surface area contributed by atoms with Crippen LogP contribution in [-0.4, -0.2) is 82.9 Å². The maximum Gasteiger partial charge on any atom is 0.405 e. The lowest BCUT2D eigenvalue weighted by Crippen LogP contribution is -2.62. The first kappa shape index (κ1) is 28.8. The van der Waals surface area contributed by atoms with Crippen molar-refractivity contribution >= 4 is 29.5 Å². The van der Waals surface area contributed by atoms with E-state index in [1.54, 1.807) is 11.9 Å². The number of hydrogen-bond acceptors (Lipinski definition) is 6. The van der Waals surface area contributed by atoms with E-state index in [1.807, 2.05) is 60.7 Å². The van der Waals surface area contributed by atoms with Crippen LogP contribution in [0.2, 0.25) is 0 Å². The predicted molar refractivity (Wildman–Crippen MR) is 147 cm³/mol. The van der Waals surface area contributed by atoms with Crippen molar-refractivity contribution in [3.63, 3.8) is 0 Å². The van der Waals surface area contributed by atoms with Crippen LogP contribution in [-0.2, 0) is 32.1 Å². The Morgan fingerprint density at radius 2 is 1.70 bits per heavy atom. The van der Waals surface area contributed by atoms with E-state index in [2.05, 4.69) is 15.7 Å². The van der Waals surface area contributed by atoms with Crippen molar-refractivity contribution in [2.24, 2.45) is 10.5 Å². The normalized spacial score (nSPS) is 19.5. The van der Waals surface area contributed by atoms with E-state index in [0.717, 1.165) is 16.8 Å². The predicted octanol–water partition coefficient (Wildman–Crippen LogP) is 2.02. The van der Waals surface area contributed by atoms with Crippen molar-refractivity contribution < 1.29 is 29.0 Å². The molecule has 4 rings (SSSR count). The van der Waals surface area contributed by atoms with Crippen molar-refractivity contribution in [3.8, 4) is 0 Å². The molecular weight excluding hydrogens is 514 g/mol. The number of nitrogens with one attached hydrogen (secondary N) is 2. The molecule has 0 aliphatic carbocycles. The quantitative estimate of drug-likeness (QED) is 0.414. The molecule has 0 bridgehead atoms. The number of carboxylic acid groups (broad SMARTS) is 1. The molecule has 11 heteroatoms. The second kappa shape index (κ2) is 11.9. The Balaban J connectivity index is 1.56. The van der Waals surface area contributed by atoms with Crippen LogP contribution in [0.5, 0.6) is 0 Å². The minimum absolute atomic E-state index is 0.102. The molecule has 2 aliphatic rings. The number of fused-ring (bicyclic) bond motifs is 1. The summed E-state index contributed by atoms with van der Waals surface area (Å²) in [5.41, 5.74) is 0.0806. The summed E-state index contributed by atoms with van der Waals surface area (Å²) >= 11 is 0. The zero-order valence-corrected chi connectivity index (χ0v) is 22.9. The molecule has 1 saturated heterocycles.